The van der Waals surface area contributed by atoms with Gasteiger partial charge < -0.3 is 15.0 Å². The van der Waals surface area contributed by atoms with Crippen molar-refractivity contribution in [3.63, 3.8) is 0 Å². The van der Waals surface area contributed by atoms with Crippen molar-refractivity contribution >= 4 is 16.7 Å². The normalized spacial score (nSPS) is 15.8. The molecule has 1 heterocycles. The first kappa shape index (κ1) is 25.2. The van der Waals surface area contributed by atoms with Crippen LogP contribution < -0.4 is 15.5 Å². The second-order valence-corrected chi connectivity index (χ2v) is 9.19. The number of allylic oxidation sites excluding steroid dienone is 1. The number of hydrogen-bond acceptors (Lipinski definition) is 5. The smallest absolute Gasteiger partial charge is 0.243 e. The van der Waals surface area contributed by atoms with E-state index in [1.807, 2.05) is 24.3 Å². The minimum atomic E-state index is -0.326. The Morgan fingerprint density at radius 2 is 1.91 bits per heavy atom. The molecule has 1 aliphatic rings. The van der Waals surface area contributed by atoms with Crippen molar-refractivity contribution in [1.82, 2.24) is 15.7 Å². The summed E-state index contributed by atoms with van der Waals surface area (Å²) >= 11 is 0. The van der Waals surface area contributed by atoms with Crippen LogP contribution in [0.4, 0.5) is 0 Å². The molecule has 0 bridgehead atoms. The van der Waals surface area contributed by atoms with Gasteiger partial charge in [0.2, 0.25) is 5.91 Å². The number of hydroxylamine groups is 1. The quantitative estimate of drug-likeness (QED) is 0.188. The van der Waals surface area contributed by atoms with Crippen LogP contribution in [0.25, 0.3) is 10.8 Å². The first-order valence-corrected chi connectivity index (χ1v) is 12.3. The molecule has 0 aliphatic carbocycles. The molecule has 180 valence electrons. The summed E-state index contributed by atoms with van der Waals surface area (Å²) in [4.78, 5) is 13.8. The summed E-state index contributed by atoms with van der Waals surface area (Å²) < 4.78 is 6.27. The molecule has 2 aromatic rings. The molecule has 0 aromatic heterocycles. The molecule has 6 nitrogen and oxygen atoms in total. The van der Waals surface area contributed by atoms with Gasteiger partial charge >= 0.3 is 0 Å². The highest BCUT2D eigenvalue weighted by molar-refractivity contribution is 5.88. The minimum Gasteiger partial charge on any atom is -0.489 e. The van der Waals surface area contributed by atoms with Crippen molar-refractivity contribution in [1.29, 1.82) is 0 Å². The number of benzene rings is 2. The average molecular weight is 454 g/mol. The molecule has 1 aliphatic heterocycles. The summed E-state index contributed by atoms with van der Waals surface area (Å²) in [6.07, 6.45) is 7.48. The first-order valence-electron chi connectivity index (χ1n) is 12.3. The monoisotopic (exact) mass is 453 g/mol. The number of nitrogens with one attached hydrogen (secondary N) is 2. The van der Waals surface area contributed by atoms with Gasteiger partial charge in [0, 0.05) is 30.4 Å². The third-order valence-corrected chi connectivity index (χ3v) is 6.46. The zero-order valence-electron chi connectivity index (χ0n) is 20.1. The zero-order valence-corrected chi connectivity index (χ0v) is 20.1. The Balaban J connectivity index is 1.56. The largest absolute Gasteiger partial charge is 0.489 e. The summed E-state index contributed by atoms with van der Waals surface area (Å²) in [6.45, 7) is 8.19. The van der Waals surface area contributed by atoms with Crippen molar-refractivity contribution in [3.8, 4) is 5.75 Å². The standard InChI is InChI=1S/C27H39N3O3/c1-21(2)30-17-15-24(16-18-30)28-19-22(9-4-3-5-14-27(31)29-32)20-33-26-13-8-11-23-10-6-7-12-25(23)26/h6-13,21,24,28,32H,3-5,14-20H2,1-2H3,(H,29,31)/b22-9-. The molecular weight excluding hydrogens is 414 g/mol. The van der Waals surface area contributed by atoms with E-state index in [9.17, 15) is 4.79 Å². The Hall–Kier alpha value is -2.41. The van der Waals surface area contributed by atoms with Crippen LogP contribution in [0.5, 0.6) is 5.75 Å². The van der Waals surface area contributed by atoms with E-state index in [-0.39, 0.29) is 5.91 Å². The van der Waals surface area contributed by atoms with Crippen molar-refractivity contribution in [3.05, 3.63) is 54.1 Å². The van der Waals surface area contributed by atoms with E-state index >= 15 is 0 Å². The maximum atomic E-state index is 11.2. The van der Waals surface area contributed by atoms with Crippen LogP contribution in [0.15, 0.2) is 54.1 Å². The lowest BCUT2D eigenvalue weighted by molar-refractivity contribution is -0.129. The lowest BCUT2D eigenvalue weighted by Gasteiger charge is -2.35. The minimum absolute atomic E-state index is 0.326. The van der Waals surface area contributed by atoms with Crippen molar-refractivity contribution in [2.24, 2.45) is 0 Å². The van der Waals surface area contributed by atoms with E-state index in [0.717, 1.165) is 50.0 Å². The fraction of sp³-hybridized carbons (Fsp3) is 0.519. The number of rotatable bonds is 12. The summed E-state index contributed by atoms with van der Waals surface area (Å²) in [5.41, 5.74) is 2.93. The molecule has 1 amide bonds. The molecule has 6 heteroatoms. The Bertz CT molecular complexity index is 899. The van der Waals surface area contributed by atoms with E-state index in [1.165, 1.54) is 23.8 Å². The number of amides is 1. The molecule has 3 rings (SSSR count). The van der Waals surface area contributed by atoms with Gasteiger partial charge in [0.25, 0.3) is 0 Å². The molecular formula is C27H39N3O3. The van der Waals surface area contributed by atoms with Gasteiger partial charge in [0.15, 0.2) is 0 Å². The Kier molecular flexibility index (Phi) is 10.2. The van der Waals surface area contributed by atoms with Gasteiger partial charge in [-0.25, -0.2) is 5.48 Å². The average Bonchev–Trinajstić information content (AvgIpc) is 2.85. The van der Waals surface area contributed by atoms with Gasteiger partial charge in [-0.05, 0) is 76.1 Å². The predicted octanol–water partition coefficient (Wildman–Crippen LogP) is 4.67. The number of unbranched alkanes of at least 4 members (excludes halogenated alkanes) is 2. The van der Waals surface area contributed by atoms with Crippen LogP contribution in [0.2, 0.25) is 0 Å². The zero-order chi connectivity index (χ0) is 23.5. The third kappa shape index (κ3) is 8.14. The molecule has 1 saturated heterocycles. The van der Waals surface area contributed by atoms with Gasteiger partial charge in [0.05, 0.1) is 0 Å². The number of fused-ring (bicyclic) bond motifs is 1. The molecule has 3 N–H and O–H groups in total. The van der Waals surface area contributed by atoms with Crippen molar-refractivity contribution < 1.29 is 14.7 Å². The van der Waals surface area contributed by atoms with E-state index < -0.39 is 0 Å². The third-order valence-electron chi connectivity index (χ3n) is 6.46. The highest BCUT2D eigenvalue weighted by Crippen LogP contribution is 2.25. The van der Waals surface area contributed by atoms with E-state index in [1.54, 1.807) is 5.48 Å². The molecule has 0 radical (unpaired) electrons. The lowest BCUT2D eigenvalue weighted by Crippen LogP contribution is -2.45. The summed E-state index contributed by atoms with van der Waals surface area (Å²) in [6, 6.07) is 15.6. The van der Waals surface area contributed by atoms with Gasteiger partial charge in [-0.3, -0.25) is 10.0 Å². The van der Waals surface area contributed by atoms with Crippen LogP contribution in [0, 0.1) is 0 Å². The van der Waals surface area contributed by atoms with Crippen LogP contribution in [-0.2, 0) is 4.79 Å². The van der Waals surface area contributed by atoms with Crippen LogP contribution in [-0.4, -0.2) is 54.3 Å². The van der Waals surface area contributed by atoms with E-state index in [4.69, 9.17) is 9.94 Å². The number of piperidine rings is 1. The van der Waals surface area contributed by atoms with Gasteiger partial charge in [-0.15, -0.1) is 0 Å². The van der Waals surface area contributed by atoms with Gasteiger partial charge in [-0.2, -0.15) is 0 Å². The van der Waals surface area contributed by atoms with Crippen LogP contribution in [0.1, 0.15) is 52.4 Å². The molecule has 0 atom stereocenters. The summed E-state index contributed by atoms with van der Waals surface area (Å²) in [7, 11) is 0. The molecule has 2 aromatic carbocycles. The molecule has 0 spiro atoms. The highest BCUT2D eigenvalue weighted by Gasteiger charge is 2.20. The molecule has 0 unspecified atom stereocenters. The van der Waals surface area contributed by atoms with Gasteiger partial charge in [-0.1, -0.05) is 42.5 Å². The van der Waals surface area contributed by atoms with Crippen LogP contribution >= 0.6 is 0 Å². The second kappa shape index (κ2) is 13.3. The Morgan fingerprint density at radius 3 is 2.67 bits per heavy atom. The first-order chi connectivity index (χ1) is 16.1. The Morgan fingerprint density at radius 1 is 1.15 bits per heavy atom. The van der Waals surface area contributed by atoms with Gasteiger partial charge in [0.1, 0.15) is 12.4 Å². The van der Waals surface area contributed by atoms with Crippen molar-refractivity contribution in [2.75, 3.05) is 26.2 Å². The lowest BCUT2D eigenvalue weighted by atomic mass is 10.0. The second-order valence-electron chi connectivity index (χ2n) is 9.19. The number of likely N-dealkylation sites (tertiary alicyclic amines) is 1. The maximum absolute atomic E-state index is 11.2. The fourth-order valence-corrected chi connectivity index (χ4v) is 4.36. The highest BCUT2D eigenvalue weighted by atomic mass is 16.5. The summed E-state index contributed by atoms with van der Waals surface area (Å²) in [5.74, 6) is 0.580. The Labute approximate surface area is 198 Å². The number of hydrogen-bond donors (Lipinski definition) is 3. The molecule has 0 saturated carbocycles. The molecule has 33 heavy (non-hydrogen) atoms. The predicted molar refractivity (Wildman–Crippen MR) is 134 cm³/mol. The van der Waals surface area contributed by atoms with Crippen molar-refractivity contribution in [2.45, 2.75) is 64.5 Å². The number of carbonyl (C=O) groups excluding carboxylic acids is 1. The number of carbonyl (C=O) groups is 1. The maximum Gasteiger partial charge on any atom is 0.243 e. The SMILES string of the molecule is CC(C)N1CCC(NC/C(=C/CCCCC(=O)NO)COc2cccc3ccccc23)CC1. The van der Waals surface area contributed by atoms with Crippen LogP contribution in [0.3, 0.4) is 0 Å². The topological polar surface area (TPSA) is 73.8 Å². The van der Waals surface area contributed by atoms with E-state index in [0.29, 0.717) is 25.1 Å². The fourth-order valence-electron chi connectivity index (χ4n) is 4.36. The molecule has 1 fully saturated rings. The number of nitrogens with zero attached hydrogens (tertiary/aromatic N) is 1. The summed E-state index contributed by atoms with van der Waals surface area (Å²) in [5, 5.41) is 14.7. The van der Waals surface area contributed by atoms with E-state index in [2.05, 4.69) is 48.3 Å². The number of ether oxygens (including phenoxy) is 1.